The van der Waals surface area contributed by atoms with Crippen LogP contribution in [0.5, 0.6) is 0 Å². The van der Waals surface area contributed by atoms with Crippen LogP contribution in [0.15, 0.2) is 41.4 Å². The van der Waals surface area contributed by atoms with Gasteiger partial charge in [-0.05, 0) is 67.7 Å². The van der Waals surface area contributed by atoms with E-state index < -0.39 is 0 Å². The molecule has 8 heteroatoms. The fraction of sp³-hybridized carbons (Fsp3) is 0.455. The van der Waals surface area contributed by atoms with E-state index in [1.165, 1.54) is 10.6 Å². The number of nitrogens with one attached hydrogen (secondary N) is 2. The molecule has 0 saturated carbocycles. The molecule has 1 amide bonds. The van der Waals surface area contributed by atoms with Gasteiger partial charge in [-0.15, -0.1) is 0 Å². The number of piperazine rings is 1. The summed E-state index contributed by atoms with van der Waals surface area (Å²) in [6, 6.07) is 10.8. The Morgan fingerprint density at radius 2 is 1.97 bits per heavy atom. The number of hydrogen-bond acceptors (Lipinski definition) is 7. The molecule has 0 aliphatic carbocycles. The summed E-state index contributed by atoms with van der Waals surface area (Å²) in [6.07, 6.45) is 3.97. The van der Waals surface area contributed by atoms with Crippen molar-refractivity contribution in [2.45, 2.75) is 30.3 Å². The summed E-state index contributed by atoms with van der Waals surface area (Å²) in [4.78, 5) is 25.4. The van der Waals surface area contributed by atoms with Gasteiger partial charge in [0.15, 0.2) is 5.82 Å². The lowest BCUT2D eigenvalue weighted by Crippen LogP contribution is -2.46. The second kappa shape index (κ2) is 8.45. The molecule has 3 aliphatic rings. The third-order valence-corrected chi connectivity index (χ3v) is 6.92. The Kier molecular flexibility index (Phi) is 5.54. The van der Waals surface area contributed by atoms with Crippen LogP contribution in [0.25, 0.3) is 0 Å². The number of fused-ring (bicyclic) bond motifs is 3. The Morgan fingerprint density at radius 3 is 2.73 bits per heavy atom. The summed E-state index contributed by atoms with van der Waals surface area (Å²) in [5, 5.41) is 3.07. The van der Waals surface area contributed by atoms with Gasteiger partial charge in [0.1, 0.15) is 6.04 Å². The van der Waals surface area contributed by atoms with Gasteiger partial charge < -0.3 is 15.1 Å². The summed E-state index contributed by atoms with van der Waals surface area (Å²) in [6.45, 7) is 5.86. The number of benzene rings is 1. The first-order valence-corrected chi connectivity index (χ1v) is 11.5. The maximum atomic E-state index is 12.4. The zero-order valence-electron chi connectivity index (χ0n) is 17.3. The molecule has 1 aromatic heterocycles. The van der Waals surface area contributed by atoms with Crippen molar-refractivity contribution >= 4 is 35.0 Å². The van der Waals surface area contributed by atoms with Crippen LogP contribution in [-0.2, 0) is 11.3 Å². The minimum Gasteiger partial charge on any atom is -0.369 e. The van der Waals surface area contributed by atoms with Gasteiger partial charge in [-0.2, -0.15) is 0 Å². The number of pyridine rings is 1. The quantitative estimate of drug-likeness (QED) is 0.715. The van der Waals surface area contributed by atoms with Crippen LogP contribution in [0.2, 0.25) is 0 Å². The monoisotopic (exact) mass is 424 g/mol. The van der Waals surface area contributed by atoms with Gasteiger partial charge in [-0.3, -0.25) is 14.4 Å². The average Bonchev–Trinajstić information content (AvgIpc) is 3.26. The number of carbonyl (C=O) groups is 1. The van der Waals surface area contributed by atoms with E-state index in [9.17, 15) is 4.79 Å². The first kappa shape index (κ1) is 19.7. The largest absolute Gasteiger partial charge is 0.369 e. The predicted octanol–water partition coefficient (Wildman–Crippen LogP) is 2.55. The zero-order valence-corrected chi connectivity index (χ0v) is 18.1. The van der Waals surface area contributed by atoms with Crippen molar-refractivity contribution in [2.24, 2.45) is 0 Å². The predicted molar refractivity (Wildman–Crippen MR) is 122 cm³/mol. The molecule has 0 bridgehead atoms. The summed E-state index contributed by atoms with van der Waals surface area (Å²) in [7, 11) is 1.94. The maximum absolute atomic E-state index is 12.4. The minimum absolute atomic E-state index is 0.0326. The summed E-state index contributed by atoms with van der Waals surface area (Å²) in [5.41, 5.74) is 3.32. The summed E-state index contributed by atoms with van der Waals surface area (Å²) in [5.74, 6) is 1.05. The Labute approximate surface area is 182 Å². The molecule has 1 atom stereocenters. The molecule has 0 spiro atoms. The third kappa shape index (κ3) is 3.87. The maximum Gasteiger partial charge on any atom is 0.247 e. The molecule has 1 aromatic carbocycles. The molecule has 0 radical (unpaired) electrons. The second-order valence-electron chi connectivity index (χ2n) is 8.12. The molecule has 30 heavy (non-hydrogen) atoms. The lowest BCUT2D eigenvalue weighted by atomic mass is 10.1. The van der Waals surface area contributed by atoms with Gasteiger partial charge in [0.05, 0.1) is 5.69 Å². The normalized spacial score (nSPS) is 21.4. The van der Waals surface area contributed by atoms with Gasteiger partial charge in [0.25, 0.3) is 0 Å². The fourth-order valence-electron chi connectivity index (χ4n) is 4.68. The Balaban J connectivity index is 1.20. The summed E-state index contributed by atoms with van der Waals surface area (Å²) < 4.78 is 3.11. The molecule has 4 heterocycles. The van der Waals surface area contributed by atoms with Crippen molar-refractivity contribution in [3.8, 4) is 0 Å². The van der Waals surface area contributed by atoms with Crippen LogP contribution >= 0.6 is 11.9 Å². The van der Waals surface area contributed by atoms with Gasteiger partial charge in [-0.1, -0.05) is 0 Å². The minimum atomic E-state index is -0.0326. The number of anilines is 3. The SMILES string of the molecule is CNSc1ccc(N2CCN(Cc3cnc4c(c3)NC(=O)C3CCCN43)CC2)cc1. The number of aromatic nitrogens is 1. The molecule has 158 valence electrons. The number of hydrogen-bond donors (Lipinski definition) is 2. The highest BCUT2D eigenvalue weighted by atomic mass is 32.2. The van der Waals surface area contributed by atoms with E-state index in [0.717, 1.165) is 69.2 Å². The second-order valence-corrected chi connectivity index (χ2v) is 9.20. The van der Waals surface area contributed by atoms with Gasteiger partial charge in [-0.25, -0.2) is 4.98 Å². The average molecular weight is 425 g/mol. The Hall–Kier alpha value is -2.29. The lowest BCUT2D eigenvalue weighted by Gasteiger charge is -2.36. The van der Waals surface area contributed by atoms with E-state index in [0.29, 0.717) is 0 Å². The van der Waals surface area contributed by atoms with E-state index in [1.54, 1.807) is 11.9 Å². The van der Waals surface area contributed by atoms with E-state index in [4.69, 9.17) is 4.98 Å². The molecule has 3 aliphatic heterocycles. The van der Waals surface area contributed by atoms with E-state index >= 15 is 0 Å². The van der Waals surface area contributed by atoms with Crippen molar-refractivity contribution in [1.82, 2.24) is 14.6 Å². The number of carbonyl (C=O) groups excluding carboxylic acids is 1. The molecule has 2 fully saturated rings. The van der Waals surface area contributed by atoms with Crippen molar-refractivity contribution in [1.29, 1.82) is 0 Å². The van der Waals surface area contributed by atoms with E-state index in [1.807, 2.05) is 13.2 Å². The molecule has 1 unspecified atom stereocenters. The van der Waals surface area contributed by atoms with Gasteiger partial charge in [0.2, 0.25) is 5.91 Å². The molecule has 2 saturated heterocycles. The Morgan fingerprint density at radius 1 is 1.17 bits per heavy atom. The van der Waals surface area contributed by atoms with Crippen LogP contribution in [0.3, 0.4) is 0 Å². The molecular weight excluding hydrogens is 396 g/mol. The van der Waals surface area contributed by atoms with Crippen LogP contribution in [-0.4, -0.2) is 61.6 Å². The number of nitrogens with zero attached hydrogens (tertiary/aromatic N) is 4. The topological polar surface area (TPSA) is 63.7 Å². The number of amides is 1. The molecule has 2 N–H and O–H groups in total. The highest BCUT2D eigenvalue weighted by Gasteiger charge is 2.37. The van der Waals surface area contributed by atoms with Gasteiger partial charge >= 0.3 is 0 Å². The molecule has 7 nitrogen and oxygen atoms in total. The highest BCUT2D eigenvalue weighted by molar-refractivity contribution is 7.97. The lowest BCUT2D eigenvalue weighted by molar-refractivity contribution is -0.117. The fourth-order valence-corrected chi connectivity index (χ4v) is 5.19. The van der Waals surface area contributed by atoms with Crippen molar-refractivity contribution in [3.63, 3.8) is 0 Å². The van der Waals surface area contributed by atoms with Gasteiger partial charge in [0, 0.05) is 56.0 Å². The van der Waals surface area contributed by atoms with Crippen LogP contribution in [0.1, 0.15) is 18.4 Å². The van der Waals surface area contributed by atoms with Crippen LogP contribution in [0.4, 0.5) is 17.2 Å². The smallest absolute Gasteiger partial charge is 0.247 e. The van der Waals surface area contributed by atoms with E-state index in [2.05, 4.69) is 55.1 Å². The first-order chi connectivity index (χ1) is 14.7. The molecular formula is C22H28N6OS. The van der Waals surface area contributed by atoms with Crippen molar-refractivity contribution in [2.75, 3.05) is 54.9 Å². The van der Waals surface area contributed by atoms with Crippen molar-refractivity contribution < 1.29 is 4.79 Å². The summed E-state index contributed by atoms with van der Waals surface area (Å²) >= 11 is 1.64. The molecule has 2 aromatic rings. The molecule has 5 rings (SSSR count). The van der Waals surface area contributed by atoms with Crippen LogP contribution < -0.4 is 19.8 Å². The number of rotatable bonds is 5. The Bertz CT molecular complexity index is 912. The first-order valence-electron chi connectivity index (χ1n) is 10.7. The highest BCUT2D eigenvalue weighted by Crippen LogP contribution is 2.35. The van der Waals surface area contributed by atoms with Crippen molar-refractivity contribution in [3.05, 3.63) is 42.1 Å². The van der Waals surface area contributed by atoms with Crippen LogP contribution in [0, 0.1) is 0 Å². The zero-order chi connectivity index (χ0) is 20.5. The van der Waals surface area contributed by atoms with E-state index in [-0.39, 0.29) is 11.9 Å². The standard InChI is InChI=1S/C22H28N6OS/c1-23-30-18-6-4-17(5-7-18)27-11-9-26(10-12-27)15-16-13-19-21(24-14-16)28-8-2-3-20(28)22(29)25-19/h4-7,13-14,20,23H,2-3,8-12,15H2,1H3,(H,25,29). The third-order valence-electron chi connectivity index (χ3n) is 6.21.